The monoisotopic (exact) mass is 324 g/mol. The zero-order valence-electron chi connectivity index (χ0n) is 14.4. The van der Waals surface area contributed by atoms with Crippen LogP contribution in [0, 0.1) is 5.41 Å². The molecule has 0 spiro atoms. The molecule has 3 unspecified atom stereocenters. The summed E-state index contributed by atoms with van der Waals surface area (Å²) in [7, 11) is 0. The number of para-hydroxylation sites is 1. The van der Waals surface area contributed by atoms with Gasteiger partial charge in [-0.05, 0) is 37.5 Å². The average Bonchev–Trinajstić information content (AvgIpc) is 3.26. The van der Waals surface area contributed by atoms with E-state index in [-0.39, 0.29) is 17.9 Å². The van der Waals surface area contributed by atoms with Crippen LogP contribution in [0.25, 0.3) is 0 Å². The molecule has 2 aromatic rings. The van der Waals surface area contributed by atoms with E-state index < -0.39 is 11.4 Å². The molecule has 0 radical (unpaired) electrons. The molecule has 2 aromatic carbocycles. The third-order valence-electron chi connectivity index (χ3n) is 5.09. The number of aliphatic carboxylic acids is 1. The largest absolute Gasteiger partial charge is 0.491 e. The summed E-state index contributed by atoms with van der Waals surface area (Å²) in [6.07, 6.45) is 0.656. The molecule has 126 valence electrons. The lowest BCUT2D eigenvalue weighted by Crippen LogP contribution is -2.18. The molecule has 0 heterocycles. The standard InChI is InChI=1S/C21H24O3/c1-4-21(20(22)23)18(15-10-6-5-7-11-15)19(21)16-12-8-9-13-17(16)24-14(2)3/h5-14,18-19H,4H2,1-3H3,(H,22,23). The summed E-state index contributed by atoms with van der Waals surface area (Å²) < 4.78 is 5.96. The normalized spacial score (nSPS) is 25.5. The Balaban J connectivity index is 2.07. The second-order valence-electron chi connectivity index (χ2n) is 6.77. The molecule has 0 bridgehead atoms. The Morgan fingerprint density at radius 2 is 1.71 bits per heavy atom. The highest BCUT2D eigenvalue weighted by molar-refractivity contribution is 5.84. The lowest BCUT2D eigenvalue weighted by molar-refractivity contribution is -0.143. The van der Waals surface area contributed by atoms with Crippen molar-refractivity contribution in [1.82, 2.24) is 0 Å². The number of carboxylic acid groups (broad SMARTS) is 1. The number of carboxylic acids is 1. The Hall–Kier alpha value is -2.29. The average molecular weight is 324 g/mol. The van der Waals surface area contributed by atoms with Gasteiger partial charge in [-0.3, -0.25) is 4.79 Å². The maximum atomic E-state index is 12.2. The smallest absolute Gasteiger partial charge is 0.310 e. The number of hydrogen-bond acceptors (Lipinski definition) is 2. The molecule has 1 saturated carbocycles. The van der Waals surface area contributed by atoms with Crippen LogP contribution in [0.5, 0.6) is 5.75 Å². The number of rotatable bonds is 6. The predicted molar refractivity (Wildman–Crippen MR) is 94.5 cm³/mol. The number of ether oxygens (including phenoxy) is 1. The summed E-state index contributed by atoms with van der Waals surface area (Å²) in [5.41, 5.74) is 1.34. The van der Waals surface area contributed by atoms with Gasteiger partial charge in [-0.15, -0.1) is 0 Å². The SMILES string of the molecule is CCC1(C(=O)O)C(c2ccccc2)C1c1ccccc1OC(C)C. The summed E-state index contributed by atoms with van der Waals surface area (Å²) in [6.45, 7) is 5.95. The minimum atomic E-state index is -0.752. The first-order valence-electron chi connectivity index (χ1n) is 8.56. The van der Waals surface area contributed by atoms with Gasteiger partial charge in [0.1, 0.15) is 5.75 Å². The lowest BCUT2D eigenvalue weighted by Gasteiger charge is -2.15. The summed E-state index contributed by atoms with van der Waals surface area (Å²) >= 11 is 0. The van der Waals surface area contributed by atoms with Crippen LogP contribution in [0.2, 0.25) is 0 Å². The number of carbonyl (C=O) groups is 1. The van der Waals surface area contributed by atoms with Crippen LogP contribution in [-0.2, 0) is 4.79 Å². The minimum Gasteiger partial charge on any atom is -0.491 e. The van der Waals surface area contributed by atoms with E-state index in [1.54, 1.807) is 0 Å². The zero-order valence-corrected chi connectivity index (χ0v) is 14.4. The Morgan fingerprint density at radius 3 is 2.29 bits per heavy atom. The van der Waals surface area contributed by atoms with Crippen molar-refractivity contribution in [3.63, 3.8) is 0 Å². The molecule has 0 aromatic heterocycles. The van der Waals surface area contributed by atoms with E-state index in [1.807, 2.05) is 75.4 Å². The maximum Gasteiger partial charge on any atom is 0.310 e. The summed E-state index contributed by atoms with van der Waals surface area (Å²) in [4.78, 5) is 12.2. The molecule has 1 fully saturated rings. The molecule has 0 aliphatic heterocycles. The molecule has 3 nitrogen and oxygen atoms in total. The Kier molecular flexibility index (Phi) is 4.35. The third-order valence-corrected chi connectivity index (χ3v) is 5.09. The predicted octanol–water partition coefficient (Wildman–Crippen LogP) is 4.84. The minimum absolute atomic E-state index is 0.0156. The van der Waals surface area contributed by atoms with Gasteiger partial charge in [0.25, 0.3) is 0 Å². The van der Waals surface area contributed by atoms with Gasteiger partial charge < -0.3 is 9.84 Å². The van der Waals surface area contributed by atoms with Crippen LogP contribution in [-0.4, -0.2) is 17.2 Å². The quantitative estimate of drug-likeness (QED) is 0.827. The van der Waals surface area contributed by atoms with Crippen LogP contribution in [0.3, 0.4) is 0 Å². The van der Waals surface area contributed by atoms with Gasteiger partial charge in [-0.25, -0.2) is 0 Å². The fourth-order valence-electron chi connectivity index (χ4n) is 4.00. The Morgan fingerprint density at radius 1 is 1.08 bits per heavy atom. The third kappa shape index (κ3) is 2.58. The summed E-state index contributed by atoms with van der Waals surface area (Å²) in [5.74, 6) is 0.00803. The summed E-state index contributed by atoms with van der Waals surface area (Å²) in [6, 6.07) is 17.8. The maximum absolute atomic E-state index is 12.2. The van der Waals surface area contributed by atoms with Crippen molar-refractivity contribution < 1.29 is 14.6 Å². The highest BCUT2D eigenvalue weighted by Gasteiger charge is 2.70. The number of hydrogen-bond donors (Lipinski definition) is 1. The van der Waals surface area contributed by atoms with E-state index in [0.717, 1.165) is 16.9 Å². The van der Waals surface area contributed by atoms with Crippen molar-refractivity contribution >= 4 is 5.97 Å². The van der Waals surface area contributed by atoms with E-state index in [9.17, 15) is 9.90 Å². The van der Waals surface area contributed by atoms with Gasteiger partial charge in [0.2, 0.25) is 0 Å². The molecule has 3 heteroatoms. The second-order valence-corrected chi connectivity index (χ2v) is 6.77. The van der Waals surface area contributed by atoms with Crippen molar-refractivity contribution in [2.45, 2.75) is 45.1 Å². The van der Waals surface area contributed by atoms with Gasteiger partial charge >= 0.3 is 5.97 Å². The van der Waals surface area contributed by atoms with Crippen LogP contribution in [0.15, 0.2) is 54.6 Å². The Bertz CT molecular complexity index is 723. The topological polar surface area (TPSA) is 46.5 Å². The van der Waals surface area contributed by atoms with Crippen molar-refractivity contribution in [2.24, 2.45) is 5.41 Å². The van der Waals surface area contributed by atoms with E-state index in [4.69, 9.17) is 4.74 Å². The van der Waals surface area contributed by atoms with Gasteiger partial charge in [0, 0.05) is 11.8 Å². The zero-order chi connectivity index (χ0) is 17.3. The van der Waals surface area contributed by atoms with E-state index in [2.05, 4.69) is 0 Å². The van der Waals surface area contributed by atoms with Crippen LogP contribution in [0.1, 0.15) is 50.2 Å². The van der Waals surface area contributed by atoms with Crippen LogP contribution in [0.4, 0.5) is 0 Å². The van der Waals surface area contributed by atoms with Gasteiger partial charge in [0.05, 0.1) is 11.5 Å². The molecule has 1 aliphatic rings. The molecular formula is C21H24O3. The molecular weight excluding hydrogens is 300 g/mol. The van der Waals surface area contributed by atoms with Crippen molar-refractivity contribution in [1.29, 1.82) is 0 Å². The molecule has 24 heavy (non-hydrogen) atoms. The lowest BCUT2D eigenvalue weighted by atomic mass is 9.94. The van der Waals surface area contributed by atoms with E-state index in [0.29, 0.717) is 6.42 Å². The first-order chi connectivity index (χ1) is 11.5. The first kappa shape index (κ1) is 16.6. The van der Waals surface area contributed by atoms with E-state index >= 15 is 0 Å². The molecule has 1 N–H and O–H groups in total. The fourth-order valence-corrected chi connectivity index (χ4v) is 4.00. The highest BCUT2D eigenvalue weighted by Crippen LogP contribution is 2.73. The van der Waals surface area contributed by atoms with Crippen molar-refractivity contribution in [3.05, 3.63) is 65.7 Å². The van der Waals surface area contributed by atoms with Gasteiger partial charge in [-0.1, -0.05) is 55.5 Å². The van der Waals surface area contributed by atoms with Gasteiger partial charge in [0.15, 0.2) is 0 Å². The van der Waals surface area contributed by atoms with Crippen molar-refractivity contribution in [2.75, 3.05) is 0 Å². The Labute approximate surface area is 143 Å². The van der Waals surface area contributed by atoms with Crippen LogP contribution < -0.4 is 4.74 Å². The van der Waals surface area contributed by atoms with Crippen molar-refractivity contribution in [3.8, 4) is 5.75 Å². The fraction of sp³-hybridized carbons (Fsp3) is 0.381. The van der Waals surface area contributed by atoms with Crippen LogP contribution >= 0.6 is 0 Å². The molecule has 1 aliphatic carbocycles. The molecule has 0 saturated heterocycles. The van der Waals surface area contributed by atoms with Gasteiger partial charge in [-0.2, -0.15) is 0 Å². The van der Waals surface area contributed by atoms with E-state index in [1.165, 1.54) is 0 Å². The highest BCUT2D eigenvalue weighted by atomic mass is 16.5. The number of benzene rings is 2. The summed E-state index contributed by atoms with van der Waals surface area (Å²) in [5, 5.41) is 10.00. The first-order valence-corrected chi connectivity index (χ1v) is 8.56. The second kappa shape index (κ2) is 6.31. The molecule has 0 amide bonds. The molecule has 3 rings (SSSR count). The molecule has 3 atom stereocenters.